The van der Waals surface area contributed by atoms with E-state index in [0.717, 1.165) is 12.1 Å². The largest absolute Gasteiger partial charge is 2.00 e. The Kier molecular flexibility index (Phi) is 17.8. The van der Waals surface area contributed by atoms with E-state index in [4.69, 9.17) is 0 Å². The van der Waals surface area contributed by atoms with Gasteiger partial charge in [0.05, 0.1) is 11.9 Å². The van der Waals surface area contributed by atoms with Crippen molar-refractivity contribution in [3.8, 4) is 0 Å². The number of carboxylic acids is 2. The van der Waals surface area contributed by atoms with Crippen LogP contribution in [0.25, 0.3) is 0 Å². The van der Waals surface area contributed by atoms with Crippen LogP contribution in [0.3, 0.4) is 0 Å². The molecule has 0 spiro atoms. The Bertz CT molecular complexity index is 308. The molecule has 1 aromatic carbocycles. The fourth-order valence-corrected chi connectivity index (χ4v) is 0.839. The van der Waals surface area contributed by atoms with E-state index >= 15 is 0 Å². The van der Waals surface area contributed by atoms with Crippen LogP contribution in [0.15, 0.2) is 24.3 Å². The smallest absolute Gasteiger partial charge is 0.870 e. The quantitative estimate of drug-likeness (QED) is 0.333. The van der Waals surface area contributed by atoms with Crippen molar-refractivity contribution in [1.29, 1.82) is 0 Å². The number of aromatic carboxylic acids is 2. The number of carbonyl (C=O) groups is 2. The molecule has 82 valence electrons. The third kappa shape index (κ3) is 6.49. The minimum absolute atomic E-state index is 0. The number of hydrogen-bond donors (Lipinski definition) is 0. The third-order valence-corrected chi connectivity index (χ3v) is 1.37. The van der Waals surface area contributed by atoms with Crippen LogP contribution in [0.2, 0.25) is 0 Å². The van der Waals surface area contributed by atoms with Gasteiger partial charge < -0.3 is 30.8 Å². The molecule has 0 aromatic heterocycles. The second-order valence-corrected chi connectivity index (χ2v) is 2.12. The summed E-state index contributed by atoms with van der Waals surface area (Å²) in [6.45, 7) is 0. The van der Waals surface area contributed by atoms with E-state index < -0.39 is 11.9 Å². The van der Waals surface area contributed by atoms with Crippen molar-refractivity contribution < 1.29 is 30.8 Å². The van der Waals surface area contributed by atoms with Crippen LogP contribution in [0.1, 0.15) is 20.7 Å². The summed E-state index contributed by atoms with van der Waals surface area (Å²) in [7, 11) is 0. The average molecular weight is 613 g/mol. The van der Waals surface area contributed by atoms with Gasteiger partial charge in [0, 0.05) is 11.1 Å². The van der Waals surface area contributed by atoms with Gasteiger partial charge in [-0.3, -0.25) is 0 Å². The van der Waals surface area contributed by atoms with Crippen LogP contribution in [0, 0.1) is 0 Å². The Morgan fingerprint density at radius 2 is 1.06 bits per heavy atom. The first-order chi connectivity index (χ1) is 5.63. The van der Waals surface area contributed by atoms with E-state index in [1.807, 2.05) is 0 Å². The maximum Gasteiger partial charge on any atom is 2.00 e. The minimum atomic E-state index is -1.52. The van der Waals surface area contributed by atoms with Gasteiger partial charge in [0.1, 0.15) is 0 Å². The molecule has 1 aromatic rings. The number of hydrogen-bond acceptors (Lipinski definition) is 6. The summed E-state index contributed by atoms with van der Waals surface area (Å²) >= 11 is 0. The maximum absolute atomic E-state index is 10.3. The molecule has 0 saturated heterocycles. The Morgan fingerprint density at radius 1 is 0.812 bits per heavy atom. The van der Waals surface area contributed by atoms with Gasteiger partial charge in [-0.25, -0.2) is 0 Å². The van der Waals surface area contributed by atoms with Crippen LogP contribution in [0.4, 0.5) is 0 Å². The van der Waals surface area contributed by atoms with Gasteiger partial charge in [-0.15, -0.1) is 0 Å². The fraction of sp³-hybridized carbons (Fsp3) is 0. The summed E-state index contributed by atoms with van der Waals surface area (Å²) in [6.07, 6.45) is 0. The molecule has 6 nitrogen and oxygen atoms in total. The van der Waals surface area contributed by atoms with E-state index in [1.54, 1.807) is 0 Å². The predicted molar refractivity (Wildman–Crippen MR) is 50.5 cm³/mol. The van der Waals surface area contributed by atoms with Crippen molar-refractivity contribution in [2.24, 2.45) is 0 Å². The Labute approximate surface area is 132 Å². The normalized spacial score (nSPS) is 7.00. The van der Waals surface area contributed by atoms with Crippen molar-refractivity contribution in [1.82, 2.24) is 0 Å². The molecular formula is C8H6O6Pb2. The summed E-state index contributed by atoms with van der Waals surface area (Å²) in [4.78, 5) is 20.6. The van der Waals surface area contributed by atoms with Crippen molar-refractivity contribution in [2.45, 2.75) is 0 Å². The van der Waals surface area contributed by atoms with Gasteiger partial charge in [0.25, 0.3) is 0 Å². The first-order valence-electron chi connectivity index (χ1n) is 3.14. The SMILES string of the molecule is O=C([O-])c1ccccc1C(=O)[O-].[OH-].[OH-].[Pb+2].[Pb+2]. The number of rotatable bonds is 2. The number of carbonyl (C=O) groups excluding carboxylic acids is 2. The first-order valence-corrected chi connectivity index (χ1v) is 3.14. The molecule has 0 saturated carbocycles. The second-order valence-electron chi connectivity index (χ2n) is 2.12. The zero-order valence-corrected chi connectivity index (χ0v) is 15.6. The molecule has 0 amide bonds. The van der Waals surface area contributed by atoms with E-state index in [1.165, 1.54) is 12.1 Å². The molecule has 0 bridgehead atoms. The average Bonchev–Trinajstić information content (AvgIpc) is 2.04. The Morgan fingerprint density at radius 3 is 1.25 bits per heavy atom. The van der Waals surface area contributed by atoms with E-state index in [-0.39, 0.29) is 76.7 Å². The van der Waals surface area contributed by atoms with Gasteiger partial charge in [0.2, 0.25) is 0 Å². The van der Waals surface area contributed by atoms with Crippen LogP contribution < -0.4 is 10.2 Å². The van der Waals surface area contributed by atoms with Gasteiger partial charge in [-0.1, -0.05) is 24.3 Å². The molecule has 1 rings (SSSR count). The van der Waals surface area contributed by atoms with Crippen molar-refractivity contribution >= 4 is 66.5 Å². The molecule has 0 aliphatic carbocycles. The van der Waals surface area contributed by atoms with Crippen molar-refractivity contribution in [3.63, 3.8) is 0 Å². The molecule has 0 heterocycles. The molecule has 0 atom stereocenters. The van der Waals surface area contributed by atoms with E-state index in [9.17, 15) is 19.8 Å². The zero-order valence-electron chi connectivity index (χ0n) is 7.84. The molecule has 0 aliphatic heterocycles. The topological polar surface area (TPSA) is 140 Å². The van der Waals surface area contributed by atoms with Gasteiger partial charge >= 0.3 is 54.6 Å². The Hall–Kier alpha value is -0.0758. The molecule has 0 unspecified atom stereocenters. The number of benzene rings is 1. The summed E-state index contributed by atoms with van der Waals surface area (Å²) in [6, 6.07) is 5.14. The zero-order chi connectivity index (χ0) is 9.14. The summed E-state index contributed by atoms with van der Waals surface area (Å²) in [5, 5.41) is 20.6. The van der Waals surface area contributed by atoms with Crippen molar-refractivity contribution in [2.75, 3.05) is 0 Å². The standard InChI is InChI=1S/C8H6O4.2H2O.2Pb/c9-7(10)5-3-1-2-4-6(5)8(11)12;;;;/h1-4H,(H,9,10)(H,11,12);2*1H2;;/q;;;2*+2/p-4. The number of carboxylic acid groups (broad SMARTS) is 2. The first kappa shape index (κ1) is 24.9. The second kappa shape index (κ2) is 11.4. The molecule has 2 N–H and O–H groups in total. The minimum Gasteiger partial charge on any atom is -0.870 e. The predicted octanol–water partition coefficient (Wildman–Crippen LogP) is -2.70. The fourth-order valence-electron chi connectivity index (χ4n) is 0.839. The summed E-state index contributed by atoms with van der Waals surface area (Å²) < 4.78 is 0. The van der Waals surface area contributed by atoms with Gasteiger partial charge in [-0.05, 0) is 0 Å². The third-order valence-electron chi connectivity index (χ3n) is 1.37. The monoisotopic (exact) mass is 614 g/mol. The van der Waals surface area contributed by atoms with Crippen LogP contribution >= 0.6 is 0 Å². The maximum atomic E-state index is 10.3. The molecule has 0 fully saturated rings. The Balaban J connectivity index is -0.000000180. The molecule has 16 heavy (non-hydrogen) atoms. The van der Waals surface area contributed by atoms with E-state index in [2.05, 4.69) is 0 Å². The summed E-state index contributed by atoms with van der Waals surface area (Å²) in [5.41, 5.74) is -0.727. The summed E-state index contributed by atoms with van der Waals surface area (Å²) in [5.74, 6) is -3.04. The van der Waals surface area contributed by atoms with Crippen LogP contribution in [-0.2, 0) is 0 Å². The molecular weight excluding hydrogens is 606 g/mol. The van der Waals surface area contributed by atoms with Gasteiger partial charge in [-0.2, -0.15) is 0 Å². The van der Waals surface area contributed by atoms with Gasteiger partial charge in [0.15, 0.2) is 0 Å². The van der Waals surface area contributed by atoms with Crippen molar-refractivity contribution in [3.05, 3.63) is 35.4 Å². The molecule has 8 heteroatoms. The van der Waals surface area contributed by atoms with E-state index in [0.29, 0.717) is 0 Å². The van der Waals surface area contributed by atoms with Crippen LogP contribution in [-0.4, -0.2) is 77.5 Å². The molecule has 0 aliphatic rings. The van der Waals surface area contributed by atoms with Crippen LogP contribution in [0.5, 0.6) is 0 Å². The molecule has 4 radical (unpaired) electrons.